The third-order valence-corrected chi connectivity index (χ3v) is 2.14. The molecule has 1 aromatic carbocycles. The molecule has 0 atom stereocenters. The standard InChI is InChI=1S/C8H7BrO.Mg.2H/c9-7-1-2-8-6(5-7)3-4-10-8;;;/h1-2,5H,3-4H2;;;. The molecule has 3 heteroatoms. The molecule has 0 radical (unpaired) electrons. The van der Waals surface area contributed by atoms with Crippen molar-refractivity contribution < 1.29 is 4.74 Å². The van der Waals surface area contributed by atoms with Crippen molar-refractivity contribution in [3.05, 3.63) is 28.2 Å². The van der Waals surface area contributed by atoms with Gasteiger partial charge in [0.2, 0.25) is 0 Å². The van der Waals surface area contributed by atoms with Gasteiger partial charge in [-0.1, -0.05) is 15.9 Å². The summed E-state index contributed by atoms with van der Waals surface area (Å²) in [6, 6.07) is 6.12. The Morgan fingerprint density at radius 1 is 1.36 bits per heavy atom. The number of ether oxygens (including phenoxy) is 1. The van der Waals surface area contributed by atoms with Gasteiger partial charge in [0.05, 0.1) is 6.61 Å². The summed E-state index contributed by atoms with van der Waals surface area (Å²) < 4.78 is 6.47. The quantitative estimate of drug-likeness (QED) is 0.608. The van der Waals surface area contributed by atoms with Crippen LogP contribution in [0, 0.1) is 0 Å². The molecular formula is C8H9BrMgO. The van der Waals surface area contributed by atoms with Crippen molar-refractivity contribution in [2.75, 3.05) is 6.61 Å². The summed E-state index contributed by atoms with van der Waals surface area (Å²) in [5.41, 5.74) is 1.31. The molecule has 0 saturated heterocycles. The van der Waals surface area contributed by atoms with Crippen molar-refractivity contribution in [3.63, 3.8) is 0 Å². The Kier molecular flexibility index (Phi) is 3.22. The Labute approximate surface area is 90.4 Å². The number of fused-ring (bicyclic) bond motifs is 1. The van der Waals surface area contributed by atoms with Gasteiger partial charge in [-0.3, -0.25) is 0 Å². The first-order valence-electron chi connectivity index (χ1n) is 3.27. The van der Waals surface area contributed by atoms with Crippen LogP contribution in [0.15, 0.2) is 22.7 Å². The van der Waals surface area contributed by atoms with Gasteiger partial charge in [0.25, 0.3) is 0 Å². The lowest BCUT2D eigenvalue weighted by molar-refractivity contribution is 0.357. The minimum absolute atomic E-state index is 0. The normalized spacial score (nSPS) is 13.2. The minimum atomic E-state index is 0. The van der Waals surface area contributed by atoms with E-state index in [-0.39, 0.29) is 23.1 Å². The van der Waals surface area contributed by atoms with Gasteiger partial charge >= 0.3 is 23.1 Å². The third kappa shape index (κ3) is 1.89. The van der Waals surface area contributed by atoms with E-state index in [1.807, 2.05) is 12.1 Å². The minimum Gasteiger partial charge on any atom is -0.493 e. The van der Waals surface area contributed by atoms with Gasteiger partial charge in [0.15, 0.2) is 0 Å². The molecule has 0 aliphatic carbocycles. The Morgan fingerprint density at radius 2 is 2.18 bits per heavy atom. The van der Waals surface area contributed by atoms with Gasteiger partial charge < -0.3 is 4.74 Å². The van der Waals surface area contributed by atoms with E-state index in [2.05, 4.69) is 22.0 Å². The van der Waals surface area contributed by atoms with Crippen LogP contribution in [-0.4, -0.2) is 29.7 Å². The molecule has 2 rings (SSSR count). The molecule has 0 fully saturated rings. The van der Waals surface area contributed by atoms with Crippen molar-refractivity contribution in [2.24, 2.45) is 0 Å². The smallest absolute Gasteiger partial charge is 0.316 e. The van der Waals surface area contributed by atoms with E-state index in [0.29, 0.717) is 0 Å². The zero-order valence-corrected chi connectivity index (χ0v) is 7.02. The zero-order chi connectivity index (χ0) is 6.97. The predicted octanol–water partition coefficient (Wildman–Crippen LogP) is 1.47. The first kappa shape index (κ1) is 9.35. The molecule has 0 amide bonds. The highest BCUT2D eigenvalue weighted by Gasteiger charge is 2.10. The van der Waals surface area contributed by atoms with Gasteiger partial charge in [-0.25, -0.2) is 0 Å². The predicted molar refractivity (Wildman–Crippen MR) is 51.9 cm³/mol. The van der Waals surface area contributed by atoms with Crippen LogP contribution in [0.25, 0.3) is 0 Å². The Morgan fingerprint density at radius 3 is 3.00 bits per heavy atom. The largest absolute Gasteiger partial charge is 0.493 e. The molecule has 0 aromatic heterocycles. The van der Waals surface area contributed by atoms with E-state index in [0.717, 1.165) is 23.2 Å². The van der Waals surface area contributed by atoms with Crippen molar-refractivity contribution in [1.82, 2.24) is 0 Å². The number of benzene rings is 1. The van der Waals surface area contributed by atoms with Crippen LogP contribution in [0.2, 0.25) is 0 Å². The fraction of sp³-hybridized carbons (Fsp3) is 0.250. The Bertz CT molecular complexity index is 262. The van der Waals surface area contributed by atoms with E-state index in [1.54, 1.807) is 0 Å². The summed E-state index contributed by atoms with van der Waals surface area (Å²) >= 11 is 3.41. The molecule has 1 heterocycles. The van der Waals surface area contributed by atoms with E-state index < -0.39 is 0 Å². The van der Waals surface area contributed by atoms with Gasteiger partial charge in [0.1, 0.15) is 5.75 Å². The molecule has 0 spiro atoms. The second-order valence-electron chi connectivity index (χ2n) is 2.35. The van der Waals surface area contributed by atoms with Crippen LogP contribution in [-0.2, 0) is 6.42 Å². The molecule has 0 bridgehead atoms. The third-order valence-electron chi connectivity index (χ3n) is 1.65. The zero-order valence-electron chi connectivity index (χ0n) is 5.43. The first-order chi connectivity index (χ1) is 4.86. The molecule has 0 saturated carbocycles. The summed E-state index contributed by atoms with van der Waals surface area (Å²) in [7, 11) is 0. The van der Waals surface area contributed by atoms with Crippen LogP contribution in [0.3, 0.4) is 0 Å². The summed E-state index contributed by atoms with van der Waals surface area (Å²) in [6.07, 6.45) is 1.05. The van der Waals surface area contributed by atoms with Gasteiger partial charge in [0, 0.05) is 10.9 Å². The summed E-state index contributed by atoms with van der Waals surface area (Å²) in [5, 5.41) is 0. The van der Waals surface area contributed by atoms with Gasteiger partial charge in [-0.05, 0) is 23.8 Å². The van der Waals surface area contributed by atoms with Crippen LogP contribution in [0.5, 0.6) is 5.75 Å². The average Bonchev–Trinajstić information content (AvgIpc) is 2.33. The fourth-order valence-electron chi connectivity index (χ4n) is 1.16. The lowest BCUT2D eigenvalue weighted by Gasteiger charge is -1.96. The Hall–Kier alpha value is 0.266. The van der Waals surface area contributed by atoms with Crippen LogP contribution in [0.4, 0.5) is 0 Å². The summed E-state index contributed by atoms with van der Waals surface area (Å²) in [5.74, 6) is 1.04. The number of hydrogen-bond acceptors (Lipinski definition) is 1. The highest BCUT2D eigenvalue weighted by atomic mass is 79.9. The topological polar surface area (TPSA) is 9.23 Å². The van der Waals surface area contributed by atoms with Crippen molar-refractivity contribution in [3.8, 4) is 5.75 Å². The van der Waals surface area contributed by atoms with E-state index in [4.69, 9.17) is 4.74 Å². The molecule has 1 aliphatic heterocycles. The SMILES string of the molecule is Brc1ccc2c(c1)CCO2.[MgH2]. The summed E-state index contributed by atoms with van der Waals surface area (Å²) in [6.45, 7) is 0.839. The number of hydrogen-bond donors (Lipinski definition) is 0. The second kappa shape index (κ2) is 3.78. The van der Waals surface area contributed by atoms with Crippen LogP contribution >= 0.6 is 15.9 Å². The molecule has 11 heavy (non-hydrogen) atoms. The molecule has 0 N–H and O–H groups in total. The number of rotatable bonds is 0. The maximum Gasteiger partial charge on any atom is 0.316 e. The molecule has 1 aliphatic rings. The highest BCUT2D eigenvalue weighted by molar-refractivity contribution is 9.10. The van der Waals surface area contributed by atoms with Crippen LogP contribution < -0.4 is 4.74 Å². The average molecular weight is 225 g/mol. The lowest BCUT2D eigenvalue weighted by atomic mass is 10.2. The summed E-state index contributed by atoms with van der Waals surface area (Å²) in [4.78, 5) is 0. The fourth-order valence-corrected chi connectivity index (χ4v) is 1.56. The second-order valence-corrected chi connectivity index (χ2v) is 3.27. The van der Waals surface area contributed by atoms with Gasteiger partial charge in [-0.2, -0.15) is 0 Å². The monoisotopic (exact) mass is 224 g/mol. The lowest BCUT2D eigenvalue weighted by Crippen LogP contribution is -1.85. The van der Waals surface area contributed by atoms with E-state index in [1.165, 1.54) is 5.56 Å². The molecule has 1 nitrogen and oxygen atoms in total. The number of halogens is 1. The maximum atomic E-state index is 5.33. The van der Waals surface area contributed by atoms with E-state index in [9.17, 15) is 0 Å². The molecule has 1 aromatic rings. The van der Waals surface area contributed by atoms with Crippen molar-refractivity contribution in [1.29, 1.82) is 0 Å². The molecular weight excluding hydrogens is 216 g/mol. The first-order valence-corrected chi connectivity index (χ1v) is 4.07. The van der Waals surface area contributed by atoms with Crippen LogP contribution in [0.1, 0.15) is 5.56 Å². The maximum absolute atomic E-state index is 5.33. The van der Waals surface area contributed by atoms with Crippen molar-refractivity contribution in [2.45, 2.75) is 6.42 Å². The Balaban J connectivity index is 0.000000605. The molecule has 56 valence electrons. The van der Waals surface area contributed by atoms with E-state index >= 15 is 0 Å². The highest BCUT2D eigenvalue weighted by Crippen LogP contribution is 2.27. The van der Waals surface area contributed by atoms with Crippen molar-refractivity contribution >= 4 is 39.0 Å². The van der Waals surface area contributed by atoms with Gasteiger partial charge in [-0.15, -0.1) is 0 Å². The molecule has 0 unspecified atom stereocenters.